The molecule has 3 N–H and O–H groups in total. The van der Waals surface area contributed by atoms with Gasteiger partial charge in [0.25, 0.3) is 21.5 Å². The van der Waals surface area contributed by atoms with Crippen LogP contribution in [0, 0.1) is 11.7 Å². The Labute approximate surface area is 233 Å². The van der Waals surface area contributed by atoms with Gasteiger partial charge in [-0.05, 0) is 54.4 Å². The summed E-state index contributed by atoms with van der Waals surface area (Å²) in [6, 6.07) is 16.6. The van der Waals surface area contributed by atoms with Crippen molar-refractivity contribution in [1.82, 2.24) is 14.3 Å². The first-order valence-electron chi connectivity index (χ1n) is 12.4. The van der Waals surface area contributed by atoms with Gasteiger partial charge in [0.1, 0.15) is 10.1 Å². The number of amides is 1. The molecular weight excluding hydrogens is 555 g/mol. The number of carbonyl (C=O) groups excluding carboxylic acids is 1. The van der Waals surface area contributed by atoms with Gasteiger partial charge < -0.3 is 10.3 Å². The number of nitrogens with one attached hydrogen (secondary N) is 3. The molecule has 1 aromatic heterocycles. The van der Waals surface area contributed by atoms with Crippen molar-refractivity contribution in [3.8, 4) is 5.69 Å². The molecule has 0 radical (unpaired) electrons. The minimum absolute atomic E-state index is 0.0489. The summed E-state index contributed by atoms with van der Waals surface area (Å²) in [7, 11) is -4.01. The number of thioether (sulfide) groups is 1. The highest BCUT2D eigenvalue weighted by Crippen LogP contribution is 2.38. The Morgan fingerprint density at radius 2 is 1.77 bits per heavy atom. The Bertz CT molecular complexity index is 1880. The van der Waals surface area contributed by atoms with E-state index in [0.717, 1.165) is 4.57 Å². The number of allylic oxidation sites excluding steroid dienone is 1. The molecule has 4 aromatic rings. The van der Waals surface area contributed by atoms with Gasteiger partial charge in [-0.3, -0.25) is 9.59 Å². The first-order valence-corrected chi connectivity index (χ1v) is 14.7. The van der Waals surface area contributed by atoms with E-state index in [1.54, 1.807) is 42.5 Å². The molecule has 1 aliphatic rings. The summed E-state index contributed by atoms with van der Waals surface area (Å²) in [6.45, 7) is 4.03. The van der Waals surface area contributed by atoms with Gasteiger partial charge in [-0.2, -0.15) is 0 Å². The quantitative estimate of drug-likeness (QED) is 0.300. The molecular formula is C28H25FN4O5S2. The first-order chi connectivity index (χ1) is 19.0. The number of sulfonamides is 1. The Balaban J connectivity index is 1.36. The number of H-pyrrole nitrogens is 1. The molecule has 0 aliphatic carbocycles. The number of hydrogen-bond acceptors (Lipinski definition) is 7. The van der Waals surface area contributed by atoms with Crippen molar-refractivity contribution >= 4 is 44.3 Å². The lowest BCUT2D eigenvalue weighted by Crippen LogP contribution is -2.34. The van der Waals surface area contributed by atoms with Crippen LogP contribution in [0.2, 0.25) is 0 Å². The largest absolute Gasteiger partial charge is 0.381 e. The second kappa shape index (κ2) is 10.8. The minimum Gasteiger partial charge on any atom is -0.381 e. The van der Waals surface area contributed by atoms with Crippen molar-refractivity contribution in [3.63, 3.8) is 0 Å². The number of benzene rings is 3. The van der Waals surface area contributed by atoms with Crippen LogP contribution in [0.5, 0.6) is 0 Å². The van der Waals surface area contributed by atoms with E-state index in [-0.39, 0.29) is 44.4 Å². The predicted octanol–water partition coefficient (Wildman–Crippen LogP) is 4.10. The molecule has 1 aliphatic heterocycles. The molecule has 2 unspecified atom stereocenters. The van der Waals surface area contributed by atoms with Gasteiger partial charge in [0.15, 0.2) is 0 Å². The predicted molar refractivity (Wildman–Crippen MR) is 155 cm³/mol. The molecule has 0 saturated carbocycles. The third kappa shape index (κ3) is 5.45. The Morgan fingerprint density at radius 1 is 1.05 bits per heavy atom. The molecule has 2 atom stereocenters. The number of rotatable bonds is 7. The molecule has 3 aromatic carbocycles. The maximum absolute atomic E-state index is 13.9. The van der Waals surface area contributed by atoms with Crippen molar-refractivity contribution in [3.05, 3.63) is 115 Å². The van der Waals surface area contributed by atoms with Crippen LogP contribution < -0.4 is 21.3 Å². The van der Waals surface area contributed by atoms with E-state index in [1.165, 1.54) is 42.1 Å². The lowest BCUT2D eigenvalue weighted by Gasteiger charge is -2.11. The van der Waals surface area contributed by atoms with Crippen LogP contribution in [0.3, 0.4) is 0 Å². The monoisotopic (exact) mass is 580 g/mol. The van der Waals surface area contributed by atoms with Crippen molar-refractivity contribution < 1.29 is 17.6 Å². The van der Waals surface area contributed by atoms with Crippen LogP contribution in [-0.4, -0.2) is 29.1 Å². The Morgan fingerprint density at radius 3 is 2.45 bits per heavy atom. The van der Waals surface area contributed by atoms with E-state index < -0.39 is 27.2 Å². The van der Waals surface area contributed by atoms with Crippen LogP contribution in [0.15, 0.2) is 86.6 Å². The highest BCUT2D eigenvalue weighted by atomic mass is 32.3. The molecule has 0 spiro atoms. The zero-order valence-corrected chi connectivity index (χ0v) is 23.1. The van der Waals surface area contributed by atoms with Crippen molar-refractivity contribution in [2.24, 2.45) is 5.92 Å². The molecule has 5 rings (SSSR count). The second-order valence-electron chi connectivity index (χ2n) is 9.43. The average molecular weight is 581 g/mol. The maximum Gasteiger partial charge on any atom is 0.333 e. The average Bonchev–Trinajstić information content (AvgIpc) is 3.27. The normalized spacial score (nSPS) is 17.0. The minimum atomic E-state index is -4.01. The molecule has 206 valence electrons. The van der Waals surface area contributed by atoms with Crippen LogP contribution in [0.1, 0.15) is 29.8 Å². The van der Waals surface area contributed by atoms with Gasteiger partial charge in [-0.1, -0.05) is 38.1 Å². The standard InChI is InChI=1S/C28H25FN4O5S2/c1-16-13-25(39-17(16)2)40(37,38)32-26(34)18-7-10-21(11-8-18)33-27(35)22-12-9-20(14-24(22)31-28(33)36)30-15-19-5-3-4-6-23(19)29/h3-14,16-17,30H,15H2,1-2H3,(H,31,36)(H,32,34). The topological polar surface area (TPSA) is 130 Å². The summed E-state index contributed by atoms with van der Waals surface area (Å²) < 4.78 is 42.3. The first kappa shape index (κ1) is 27.4. The van der Waals surface area contributed by atoms with E-state index >= 15 is 0 Å². The van der Waals surface area contributed by atoms with Gasteiger partial charge in [-0.25, -0.2) is 26.9 Å². The van der Waals surface area contributed by atoms with E-state index in [1.807, 2.05) is 13.8 Å². The number of fused-ring (bicyclic) bond motifs is 1. The summed E-state index contributed by atoms with van der Waals surface area (Å²) in [5.74, 6) is -1.10. The molecule has 0 saturated heterocycles. The summed E-state index contributed by atoms with van der Waals surface area (Å²) in [6.07, 6.45) is 1.62. The summed E-state index contributed by atoms with van der Waals surface area (Å²) >= 11 is 1.19. The van der Waals surface area contributed by atoms with Gasteiger partial charge >= 0.3 is 5.69 Å². The Hall–Kier alpha value is -4.16. The van der Waals surface area contributed by atoms with Gasteiger partial charge in [0.2, 0.25) is 0 Å². The lowest BCUT2D eigenvalue weighted by molar-refractivity contribution is 0.0982. The molecule has 12 heteroatoms. The third-order valence-electron chi connectivity index (χ3n) is 6.66. The number of hydrogen-bond donors (Lipinski definition) is 3. The van der Waals surface area contributed by atoms with Crippen LogP contribution in [0.4, 0.5) is 10.1 Å². The second-order valence-corrected chi connectivity index (χ2v) is 12.8. The third-order valence-corrected chi connectivity index (χ3v) is 9.90. The lowest BCUT2D eigenvalue weighted by atomic mass is 10.1. The number of anilines is 1. The van der Waals surface area contributed by atoms with Gasteiger partial charge in [-0.15, -0.1) is 11.8 Å². The SMILES string of the molecule is CC1C=C(S(=O)(=O)NC(=O)c2ccc(-n3c(=O)[nH]c4cc(NCc5ccccc5F)ccc4c3=O)cc2)SC1C. The molecule has 0 bridgehead atoms. The number of nitrogens with zero attached hydrogens (tertiary/aromatic N) is 1. The van der Waals surface area contributed by atoms with Crippen molar-refractivity contribution in [2.75, 3.05) is 5.32 Å². The van der Waals surface area contributed by atoms with E-state index in [4.69, 9.17) is 0 Å². The number of halogens is 1. The zero-order valence-electron chi connectivity index (χ0n) is 21.5. The molecule has 9 nitrogen and oxygen atoms in total. The summed E-state index contributed by atoms with van der Waals surface area (Å²) in [4.78, 5) is 41.4. The van der Waals surface area contributed by atoms with Crippen LogP contribution in [0.25, 0.3) is 16.6 Å². The fraction of sp³-hybridized carbons (Fsp3) is 0.179. The van der Waals surface area contributed by atoms with E-state index in [9.17, 15) is 27.2 Å². The van der Waals surface area contributed by atoms with Crippen LogP contribution in [-0.2, 0) is 16.6 Å². The number of aromatic nitrogens is 2. The number of carbonyl (C=O) groups is 1. The summed E-state index contributed by atoms with van der Waals surface area (Å²) in [5.41, 5.74) is 0.335. The van der Waals surface area contributed by atoms with Gasteiger partial charge in [0.05, 0.1) is 16.6 Å². The maximum atomic E-state index is 13.9. The molecule has 2 heterocycles. The highest BCUT2D eigenvalue weighted by Gasteiger charge is 2.30. The summed E-state index contributed by atoms with van der Waals surface area (Å²) in [5, 5.41) is 3.41. The van der Waals surface area contributed by atoms with Crippen molar-refractivity contribution in [1.29, 1.82) is 0 Å². The fourth-order valence-corrected chi connectivity index (χ4v) is 7.12. The van der Waals surface area contributed by atoms with Crippen LogP contribution >= 0.6 is 11.8 Å². The molecule has 40 heavy (non-hydrogen) atoms. The highest BCUT2D eigenvalue weighted by molar-refractivity contribution is 8.18. The smallest absolute Gasteiger partial charge is 0.333 e. The number of aromatic amines is 1. The molecule has 1 amide bonds. The van der Waals surface area contributed by atoms with Gasteiger partial charge in [0, 0.05) is 28.6 Å². The van der Waals surface area contributed by atoms with E-state index in [2.05, 4.69) is 15.0 Å². The zero-order chi connectivity index (χ0) is 28.6. The molecule has 0 fully saturated rings. The van der Waals surface area contributed by atoms with E-state index in [0.29, 0.717) is 16.8 Å². The van der Waals surface area contributed by atoms with Crippen molar-refractivity contribution in [2.45, 2.75) is 25.6 Å². The Kier molecular flexibility index (Phi) is 7.39. The fourth-order valence-electron chi connectivity index (χ4n) is 4.23.